The Hall–Kier alpha value is -2.15. The lowest BCUT2D eigenvalue weighted by Crippen LogP contribution is -2.41. The molecule has 28 heavy (non-hydrogen) atoms. The van der Waals surface area contributed by atoms with Crippen molar-refractivity contribution in [3.05, 3.63) is 28.2 Å². The maximum absolute atomic E-state index is 12.9. The third kappa shape index (κ3) is 4.46. The number of esters is 1. The molecule has 0 aromatic carbocycles. The fourth-order valence-electron chi connectivity index (χ4n) is 3.88. The van der Waals surface area contributed by atoms with E-state index >= 15 is 0 Å². The van der Waals surface area contributed by atoms with E-state index in [0.29, 0.717) is 23.6 Å². The molecule has 0 aliphatic heterocycles. The molecule has 0 saturated carbocycles. The van der Waals surface area contributed by atoms with Crippen molar-refractivity contribution < 1.29 is 24.2 Å². The molecule has 0 bridgehead atoms. The van der Waals surface area contributed by atoms with Gasteiger partial charge in [0.15, 0.2) is 0 Å². The summed E-state index contributed by atoms with van der Waals surface area (Å²) in [5.74, 6) is -3.54. The summed E-state index contributed by atoms with van der Waals surface area (Å²) in [6.45, 7) is 2.26. The number of carboxylic acids is 1. The van der Waals surface area contributed by atoms with Gasteiger partial charge in [0, 0.05) is 16.8 Å². The van der Waals surface area contributed by atoms with Crippen molar-refractivity contribution in [1.82, 2.24) is 0 Å². The molecule has 2 unspecified atom stereocenters. The average molecular weight is 405 g/mol. The first-order chi connectivity index (χ1) is 13.5. The largest absolute Gasteiger partial charge is 0.550 e. The fourth-order valence-corrected chi connectivity index (χ4v) is 5.16. The predicted octanol–water partition coefficient (Wildman–Crippen LogP) is 2.85. The van der Waals surface area contributed by atoms with Gasteiger partial charge in [-0.2, -0.15) is 0 Å². The van der Waals surface area contributed by atoms with Crippen LogP contribution in [0, 0.1) is 11.8 Å². The number of aryl methyl sites for hydroxylation is 1. The van der Waals surface area contributed by atoms with Crippen LogP contribution in [0.3, 0.4) is 0 Å². The monoisotopic (exact) mass is 404 g/mol. The van der Waals surface area contributed by atoms with Gasteiger partial charge >= 0.3 is 5.97 Å². The summed E-state index contributed by atoms with van der Waals surface area (Å²) in [7, 11) is 0. The number of hydrogen-bond donors (Lipinski definition) is 1. The Bertz CT molecular complexity index is 782. The normalized spacial score (nSPS) is 21.5. The standard InChI is InChI=1S/C21H27NO5S/c1-2-12-27-21(26)17-15-10-4-3-5-11-16(15)28-19(17)22-18(23)13-8-6-7-9-14(13)20(24)25/h6-7,13-14H,2-5,8-12H2,1H3,(H,22,23)(H,24,25)/p-1. The maximum Gasteiger partial charge on any atom is 0.341 e. The third-order valence-electron chi connectivity index (χ3n) is 5.37. The van der Waals surface area contributed by atoms with E-state index in [1.807, 2.05) is 13.0 Å². The number of carbonyl (C=O) groups excluding carboxylic acids is 3. The Kier molecular flexibility index (Phi) is 6.88. The summed E-state index contributed by atoms with van der Waals surface area (Å²) in [6, 6.07) is 0. The molecule has 0 spiro atoms. The molecule has 7 heteroatoms. The number of carboxylic acid groups (broad SMARTS) is 1. The predicted molar refractivity (Wildman–Crippen MR) is 105 cm³/mol. The lowest BCUT2D eigenvalue weighted by Gasteiger charge is -2.28. The minimum absolute atomic E-state index is 0.284. The highest BCUT2D eigenvalue weighted by Crippen LogP contribution is 2.39. The van der Waals surface area contributed by atoms with Gasteiger partial charge in [0.2, 0.25) is 5.91 Å². The van der Waals surface area contributed by atoms with E-state index < -0.39 is 23.8 Å². The first kappa shape index (κ1) is 20.6. The fraction of sp³-hybridized carbons (Fsp3) is 0.571. The summed E-state index contributed by atoms with van der Waals surface area (Å²) in [6.07, 6.45) is 9.82. The van der Waals surface area contributed by atoms with Gasteiger partial charge in [-0.1, -0.05) is 25.5 Å². The number of fused-ring (bicyclic) bond motifs is 1. The number of rotatable bonds is 6. The van der Waals surface area contributed by atoms with E-state index in [1.54, 1.807) is 6.08 Å². The molecule has 1 aromatic heterocycles. The molecule has 3 rings (SSSR count). The van der Waals surface area contributed by atoms with Crippen molar-refractivity contribution in [2.45, 2.75) is 58.3 Å². The quantitative estimate of drug-likeness (QED) is 0.447. The second-order valence-electron chi connectivity index (χ2n) is 7.37. The highest BCUT2D eigenvalue weighted by Gasteiger charge is 2.32. The SMILES string of the molecule is CCCOC(=O)c1c(NC(=O)C2CC=CCC2C(=O)[O-])sc2c1CCCCC2. The van der Waals surface area contributed by atoms with Gasteiger partial charge in [-0.25, -0.2) is 4.79 Å². The zero-order valence-electron chi connectivity index (χ0n) is 16.1. The van der Waals surface area contributed by atoms with E-state index in [4.69, 9.17) is 4.74 Å². The van der Waals surface area contributed by atoms with Crippen LogP contribution in [0.25, 0.3) is 0 Å². The second-order valence-corrected chi connectivity index (χ2v) is 8.47. The number of thiophene rings is 1. The first-order valence-corrected chi connectivity index (χ1v) is 10.8. The van der Waals surface area contributed by atoms with Crippen molar-refractivity contribution in [2.24, 2.45) is 11.8 Å². The molecule has 1 heterocycles. The van der Waals surface area contributed by atoms with Crippen LogP contribution >= 0.6 is 11.3 Å². The zero-order chi connectivity index (χ0) is 20.1. The molecule has 1 N–H and O–H groups in total. The lowest BCUT2D eigenvalue weighted by molar-refractivity contribution is -0.313. The highest BCUT2D eigenvalue weighted by atomic mass is 32.1. The number of ether oxygens (including phenoxy) is 1. The number of allylic oxidation sites excluding steroid dienone is 2. The molecule has 0 saturated heterocycles. The van der Waals surface area contributed by atoms with Crippen molar-refractivity contribution in [1.29, 1.82) is 0 Å². The van der Waals surface area contributed by atoms with Crippen molar-refractivity contribution in [3.63, 3.8) is 0 Å². The van der Waals surface area contributed by atoms with Gasteiger partial charge in [0.25, 0.3) is 0 Å². The molecule has 152 valence electrons. The summed E-state index contributed by atoms with van der Waals surface area (Å²) in [5.41, 5.74) is 1.44. The Labute approximate surface area is 169 Å². The Balaban J connectivity index is 1.88. The summed E-state index contributed by atoms with van der Waals surface area (Å²) in [4.78, 5) is 38.1. The smallest absolute Gasteiger partial charge is 0.341 e. The van der Waals surface area contributed by atoms with Gasteiger partial charge in [0.1, 0.15) is 5.00 Å². The zero-order valence-corrected chi connectivity index (χ0v) is 16.9. The molecule has 1 aromatic rings. The number of carbonyl (C=O) groups is 3. The van der Waals surface area contributed by atoms with Gasteiger partial charge in [-0.15, -0.1) is 11.3 Å². The Morgan fingerprint density at radius 3 is 2.57 bits per heavy atom. The van der Waals surface area contributed by atoms with E-state index in [2.05, 4.69) is 5.32 Å². The Morgan fingerprint density at radius 1 is 1.14 bits per heavy atom. The molecule has 2 aliphatic carbocycles. The molecule has 6 nitrogen and oxygen atoms in total. The number of nitrogens with one attached hydrogen (secondary N) is 1. The van der Waals surface area contributed by atoms with Gasteiger partial charge < -0.3 is 20.0 Å². The number of hydrogen-bond acceptors (Lipinski definition) is 6. The molecule has 0 radical (unpaired) electrons. The van der Waals surface area contributed by atoms with Crippen LogP contribution in [-0.4, -0.2) is 24.5 Å². The number of aliphatic carboxylic acids is 1. The summed E-state index contributed by atoms with van der Waals surface area (Å²) < 4.78 is 5.37. The van der Waals surface area contributed by atoms with Gasteiger partial charge in [0.05, 0.1) is 18.1 Å². The lowest BCUT2D eigenvalue weighted by atomic mass is 9.82. The summed E-state index contributed by atoms with van der Waals surface area (Å²) in [5, 5.41) is 14.8. The van der Waals surface area contributed by atoms with Crippen LogP contribution in [-0.2, 0) is 27.2 Å². The van der Waals surface area contributed by atoms with Crippen LogP contribution in [0.15, 0.2) is 12.2 Å². The van der Waals surface area contributed by atoms with Crippen LogP contribution in [0.5, 0.6) is 0 Å². The third-order valence-corrected chi connectivity index (χ3v) is 6.58. The van der Waals surface area contributed by atoms with Crippen LogP contribution in [0.4, 0.5) is 5.00 Å². The van der Waals surface area contributed by atoms with Crippen LogP contribution < -0.4 is 10.4 Å². The first-order valence-electron chi connectivity index (χ1n) is 10.0. The molecule has 2 atom stereocenters. The van der Waals surface area contributed by atoms with Crippen LogP contribution in [0.2, 0.25) is 0 Å². The van der Waals surface area contributed by atoms with Crippen LogP contribution in [0.1, 0.15) is 66.2 Å². The van der Waals surface area contributed by atoms with E-state index in [0.717, 1.165) is 49.0 Å². The van der Waals surface area contributed by atoms with Crippen molar-refractivity contribution in [3.8, 4) is 0 Å². The van der Waals surface area contributed by atoms with E-state index in [-0.39, 0.29) is 12.3 Å². The molecular weight excluding hydrogens is 378 g/mol. The van der Waals surface area contributed by atoms with Crippen molar-refractivity contribution >= 4 is 34.2 Å². The van der Waals surface area contributed by atoms with Gasteiger partial charge in [-0.3, -0.25) is 4.79 Å². The number of anilines is 1. The second kappa shape index (κ2) is 9.37. The molecule has 0 fully saturated rings. The average Bonchev–Trinajstić information content (AvgIpc) is 2.86. The summed E-state index contributed by atoms with van der Waals surface area (Å²) >= 11 is 1.43. The Morgan fingerprint density at radius 2 is 1.86 bits per heavy atom. The minimum atomic E-state index is -1.21. The van der Waals surface area contributed by atoms with E-state index in [9.17, 15) is 19.5 Å². The molecule has 2 aliphatic rings. The highest BCUT2D eigenvalue weighted by molar-refractivity contribution is 7.17. The van der Waals surface area contributed by atoms with E-state index in [1.165, 1.54) is 11.3 Å². The molecule has 1 amide bonds. The molecular formula is C21H26NO5S-. The minimum Gasteiger partial charge on any atom is -0.550 e. The van der Waals surface area contributed by atoms with Crippen molar-refractivity contribution in [2.75, 3.05) is 11.9 Å². The maximum atomic E-state index is 12.9. The van der Waals surface area contributed by atoms with Gasteiger partial charge in [-0.05, 0) is 50.5 Å². The number of amides is 1. The topological polar surface area (TPSA) is 95.5 Å².